The van der Waals surface area contributed by atoms with Crippen LogP contribution in [0.15, 0.2) is 41.9 Å². The lowest BCUT2D eigenvalue weighted by Crippen LogP contribution is -2.45. The maximum atomic E-state index is 6.60. The molecule has 0 saturated heterocycles. The van der Waals surface area contributed by atoms with E-state index in [-0.39, 0.29) is 11.5 Å². The quantitative estimate of drug-likeness (QED) is 0.925. The van der Waals surface area contributed by atoms with Gasteiger partial charge in [0.05, 0.1) is 5.01 Å². The predicted molar refractivity (Wildman–Crippen MR) is 80.4 cm³/mol. The van der Waals surface area contributed by atoms with E-state index in [0.717, 1.165) is 11.4 Å². The third kappa shape index (κ3) is 2.45. The Kier molecular flexibility index (Phi) is 3.67. The molecule has 1 saturated carbocycles. The van der Waals surface area contributed by atoms with Crippen LogP contribution < -0.4 is 5.73 Å². The number of hydrogen-bond acceptors (Lipinski definition) is 3. The second-order valence-electron chi connectivity index (χ2n) is 5.47. The average molecular weight is 272 g/mol. The van der Waals surface area contributed by atoms with E-state index in [0.29, 0.717) is 0 Å². The number of thiazole rings is 1. The summed E-state index contributed by atoms with van der Waals surface area (Å²) < 4.78 is 0. The molecule has 3 heteroatoms. The summed E-state index contributed by atoms with van der Waals surface area (Å²) in [4.78, 5) is 4.39. The van der Waals surface area contributed by atoms with Crippen molar-refractivity contribution in [2.45, 2.75) is 43.6 Å². The maximum absolute atomic E-state index is 6.60. The molecular formula is C16H20N2S. The molecule has 1 heterocycles. The van der Waals surface area contributed by atoms with Crippen LogP contribution in [-0.2, 0) is 11.8 Å². The zero-order valence-electron chi connectivity index (χ0n) is 11.1. The Morgan fingerprint density at radius 2 is 1.95 bits per heavy atom. The van der Waals surface area contributed by atoms with Crippen molar-refractivity contribution >= 4 is 11.3 Å². The van der Waals surface area contributed by atoms with Crippen LogP contribution in [0.2, 0.25) is 0 Å². The minimum absolute atomic E-state index is 0.160. The summed E-state index contributed by atoms with van der Waals surface area (Å²) in [5.41, 5.74) is 8.18. The Labute approximate surface area is 118 Å². The molecule has 1 atom stereocenters. The summed E-state index contributed by atoms with van der Waals surface area (Å²) in [5.74, 6) is 0. The van der Waals surface area contributed by atoms with Gasteiger partial charge in [0.1, 0.15) is 0 Å². The predicted octanol–water partition coefficient (Wildman–Crippen LogP) is 3.52. The van der Waals surface area contributed by atoms with Crippen molar-refractivity contribution in [3.63, 3.8) is 0 Å². The van der Waals surface area contributed by atoms with Crippen molar-refractivity contribution in [1.82, 2.24) is 4.98 Å². The normalized spacial score (nSPS) is 19.4. The fourth-order valence-electron chi connectivity index (χ4n) is 3.39. The molecule has 1 aliphatic rings. The van der Waals surface area contributed by atoms with Crippen molar-refractivity contribution in [1.29, 1.82) is 0 Å². The monoisotopic (exact) mass is 272 g/mol. The highest BCUT2D eigenvalue weighted by atomic mass is 32.1. The molecule has 0 bridgehead atoms. The number of aromatic nitrogens is 1. The summed E-state index contributed by atoms with van der Waals surface area (Å²) >= 11 is 1.71. The molecule has 1 unspecified atom stereocenters. The second-order valence-corrected chi connectivity index (χ2v) is 6.44. The SMILES string of the molecule is NC(Cc1nccs1)C1(c2ccccc2)CCCC1. The van der Waals surface area contributed by atoms with E-state index in [1.807, 2.05) is 11.6 Å². The van der Waals surface area contributed by atoms with Gasteiger partial charge in [-0.3, -0.25) is 0 Å². The van der Waals surface area contributed by atoms with E-state index < -0.39 is 0 Å². The fraction of sp³-hybridized carbons (Fsp3) is 0.438. The van der Waals surface area contributed by atoms with E-state index >= 15 is 0 Å². The van der Waals surface area contributed by atoms with Gasteiger partial charge in [-0.15, -0.1) is 11.3 Å². The van der Waals surface area contributed by atoms with Crippen molar-refractivity contribution in [2.24, 2.45) is 5.73 Å². The zero-order chi connectivity index (χ0) is 13.1. The second kappa shape index (κ2) is 5.43. The van der Waals surface area contributed by atoms with Gasteiger partial charge in [0.15, 0.2) is 0 Å². The van der Waals surface area contributed by atoms with Crippen LogP contribution in [-0.4, -0.2) is 11.0 Å². The first kappa shape index (κ1) is 12.8. The summed E-state index contributed by atoms with van der Waals surface area (Å²) in [6.07, 6.45) is 7.77. The Hall–Kier alpha value is -1.19. The lowest BCUT2D eigenvalue weighted by atomic mass is 9.72. The smallest absolute Gasteiger partial charge is 0.0940 e. The molecular weight excluding hydrogens is 252 g/mol. The molecule has 1 aromatic carbocycles. The Morgan fingerprint density at radius 3 is 2.58 bits per heavy atom. The third-order valence-electron chi connectivity index (χ3n) is 4.43. The van der Waals surface area contributed by atoms with Crippen LogP contribution in [0.3, 0.4) is 0 Å². The molecule has 2 N–H and O–H groups in total. The van der Waals surface area contributed by atoms with Gasteiger partial charge in [-0.05, 0) is 18.4 Å². The number of benzene rings is 1. The van der Waals surface area contributed by atoms with Crippen LogP contribution >= 0.6 is 11.3 Å². The van der Waals surface area contributed by atoms with Crippen LogP contribution in [0.5, 0.6) is 0 Å². The standard InChI is InChI=1S/C16H20N2S/c17-14(12-15-18-10-11-19-15)16(8-4-5-9-16)13-6-2-1-3-7-13/h1-3,6-7,10-11,14H,4-5,8-9,12,17H2. The van der Waals surface area contributed by atoms with Crippen molar-refractivity contribution < 1.29 is 0 Å². The fourth-order valence-corrected chi connectivity index (χ4v) is 4.06. The molecule has 0 aliphatic heterocycles. The largest absolute Gasteiger partial charge is 0.327 e. The van der Waals surface area contributed by atoms with Gasteiger partial charge in [-0.2, -0.15) is 0 Å². The van der Waals surface area contributed by atoms with E-state index in [2.05, 4.69) is 35.3 Å². The van der Waals surface area contributed by atoms with Crippen LogP contribution in [0, 0.1) is 0 Å². The van der Waals surface area contributed by atoms with Gasteiger partial charge in [-0.1, -0.05) is 43.2 Å². The van der Waals surface area contributed by atoms with Gasteiger partial charge in [-0.25, -0.2) is 4.98 Å². The maximum Gasteiger partial charge on any atom is 0.0940 e. The topological polar surface area (TPSA) is 38.9 Å². The molecule has 3 rings (SSSR count). The van der Waals surface area contributed by atoms with Gasteiger partial charge in [0.25, 0.3) is 0 Å². The lowest BCUT2D eigenvalue weighted by Gasteiger charge is -2.35. The molecule has 2 aromatic rings. The highest BCUT2D eigenvalue weighted by Crippen LogP contribution is 2.43. The molecule has 0 amide bonds. The zero-order valence-corrected chi connectivity index (χ0v) is 11.9. The van der Waals surface area contributed by atoms with Crippen molar-refractivity contribution in [3.8, 4) is 0 Å². The molecule has 2 nitrogen and oxygen atoms in total. The highest BCUT2D eigenvalue weighted by molar-refractivity contribution is 7.09. The molecule has 0 spiro atoms. The first-order chi connectivity index (χ1) is 9.31. The highest BCUT2D eigenvalue weighted by Gasteiger charge is 2.41. The third-order valence-corrected chi connectivity index (χ3v) is 5.23. The van der Waals surface area contributed by atoms with Crippen molar-refractivity contribution in [3.05, 3.63) is 52.5 Å². The van der Waals surface area contributed by atoms with Crippen LogP contribution in [0.25, 0.3) is 0 Å². The number of rotatable bonds is 4. The van der Waals surface area contributed by atoms with Gasteiger partial charge in [0, 0.05) is 29.5 Å². The number of nitrogens with zero attached hydrogens (tertiary/aromatic N) is 1. The van der Waals surface area contributed by atoms with Gasteiger partial charge in [0.2, 0.25) is 0 Å². The van der Waals surface area contributed by atoms with Crippen LogP contribution in [0.4, 0.5) is 0 Å². The van der Waals surface area contributed by atoms with E-state index in [1.54, 1.807) is 11.3 Å². The summed E-state index contributed by atoms with van der Waals surface area (Å²) in [6.45, 7) is 0. The van der Waals surface area contributed by atoms with Gasteiger partial charge >= 0.3 is 0 Å². The Balaban J connectivity index is 1.88. The first-order valence-corrected chi connectivity index (χ1v) is 7.89. The number of hydrogen-bond donors (Lipinski definition) is 1. The summed E-state index contributed by atoms with van der Waals surface area (Å²) in [7, 11) is 0. The Bertz CT molecular complexity index is 501. The first-order valence-electron chi connectivity index (χ1n) is 7.01. The number of nitrogens with two attached hydrogens (primary N) is 1. The van der Waals surface area contributed by atoms with E-state index in [4.69, 9.17) is 5.73 Å². The minimum atomic E-state index is 0.160. The summed E-state index contributed by atoms with van der Waals surface area (Å²) in [6, 6.07) is 11.0. The van der Waals surface area contributed by atoms with Crippen LogP contribution in [0.1, 0.15) is 36.3 Å². The molecule has 19 heavy (non-hydrogen) atoms. The lowest BCUT2D eigenvalue weighted by molar-refractivity contribution is 0.347. The molecule has 1 fully saturated rings. The molecule has 1 aromatic heterocycles. The average Bonchev–Trinajstić information content (AvgIpc) is 3.11. The van der Waals surface area contributed by atoms with E-state index in [9.17, 15) is 0 Å². The van der Waals surface area contributed by atoms with Gasteiger partial charge < -0.3 is 5.73 Å². The molecule has 100 valence electrons. The van der Waals surface area contributed by atoms with Crippen molar-refractivity contribution in [2.75, 3.05) is 0 Å². The summed E-state index contributed by atoms with van der Waals surface area (Å²) in [5, 5.41) is 3.20. The molecule has 0 radical (unpaired) electrons. The van der Waals surface area contributed by atoms with E-state index in [1.165, 1.54) is 31.2 Å². The minimum Gasteiger partial charge on any atom is -0.327 e. The molecule has 1 aliphatic carbocycles. The Morgan fingerprint density at radius 1 is 1.21 bits per heavy atom.